The smallest absolute Gasteiger partial charge is 0.296 e. The van der Waals surface area contributed by atoms with Crippen LogP contribution in [-0.2, 0) is 9.47 Å². The number of para-hydroxylation sites is 1. The van der Waals surface area contributed by atoms with Crippen LogP contribution in [0.15, 0.2) is 36.5 Å². The Bertz CT molecular complexity index is 1490. The molecule has 1 N–H and O–H groups in total. The number of pyridine rings is 1. The molecule has 0 unspecified atom stereocenters. The van der Waals surface area contributed by atoms with Gasteiger partial charge in [0.05, 0.1) is 50.9 Å². The molecule has 0 aliphatic carbocycles. The van der Waals surface area contributed by atoms with Crippen molar-refractivity contribution in [3.8, 4) is 17.6 Å². The third-order valence-corrected chi connectivity index (χ3v) is 6.95. The highest BCUT2D eigenvalue weighted by Gasteiger charge is 2.26. The van der Waals surface area contributed by atoms with Crippen LogP contribution in [-0.4, -0.2) is 107 Å². The molecule has 42 heavy (non-hydrogen) atoms. The van der Waals surface area contributed by atoms with Gasteiger partial charge in [0.15, 0.2) is 5.82 Å². The number of methoxy groups -OCH3 is 1. The first-order valence-electron chi connectivity index (χ1n) is 13.7. The summed E-state index contributed by atoms with van der Waals surface area (Å²) in [7, 11) is 1.46. The predicted octanol–water partition coefficient (Wildman–Crippen LogP) is 2.84. The van der Waals surface area contributed by atoms with Gasteiger partial charge in [-0.1, -0.05) is 6.07 Å². The summed E-state index contributed by atoms with van der Waals surface area (Å²) in [6.45, 7) is 6.62. The molecule has 4 aromatic rings. The fraction of sp³-hybridized carbons (Fsp3) is 0.444. The lowest BCUT2D eigenvalue weighted by molar-refractivity contribution is 0.0320. The van der Waals surface area contributed by atoms with Crippen LogP contribution >= 0.6 is 0 Å². The van der Waals surface area contributed by atoms with Gasteiger partial charge in [-0.2, -0.15) is 15.0 Å². The van der Waals surface area contributed by atoms with E-state index in [2.05, 4.69) is 35.1 Å². The van der Waals surface area contributed by atoms with Crippen molar-refractivity contribution in [1.82, 2.24) is 34.4 Å². The molecule has 2 fully saturated rings. The van der Waals surface area contributed by atoms with E-state index >= 15 is 0 Å². The number of aromatic nitrogens is 6. The third-order valence-electron chi connectivity index (χ3n) is 6.95. The Balaban J connectivity index is 1.28. The number of benzene rings is 1. The van der Waals surface area contributed by atoms with E-state index in [-0.39, 0.29) is 17.4 Å². The normalized spacial score (nSPS) is 16.2. The quantitative estimate of drug-likeness (QED) is 0.295. The molecule has 5 heterocycles. The van der Waals surface area contributed by atoms with E-state index in [4.69, 9.17) is 18.9 Å². The number of hydrogen-bond donors (Lipinski definition) is 1. The van der Waals surface area contributed by atoms with Gasteiger partial charge in [0.25, 0.3) is 6.43 Å². The van der Waals surface area contributed by atoms with Gasteiger partial charge in [-0.3, -0.25) is 9.47 Å². The number of fused-ring (bicyclic) bond motifs is 1. The number of rotatable bonds is 10. The number of morpholine rings is 2. The van der Waals surface area contributed by atoms with Gasteiger partial charge in [-0.25, -0.2) is 18.7 Å². The van der Waals surface area contributed by atoms with Gasteiger partial charge in [-0.05, 0) is 18.2 Å². The van der Waals surface area contributed by atoms with E-state index in [1.54, 1.807) is 36.5 Å². The summed E-state index contributed by atoms with van der Waals surface area (Å²) in [6, 6.07) is 8.57. The van der Waals surface area contributed by atoms with Crippen molar-refractivity contribution in [2.75, 3.05) is 83.1 Å². The van der Waals surface area contributed by atoms with Crippen molar-refractivity contribution in [2.24, 2.45) is 0 Å². The van der Waals surface area contributed by atoms with Crippen LogP contribution in [0.25, 0.3) is 17.0 Å². The maximum Gasteiger partial charge on any atom is 0.296 e. The highest BCUT2D eigenvalue weighted by molar-refractivity contribution is 5.84. The summed E-state index contributed by atoms with van der Waals surface area (Å²) in [5.41, 5.74) is 1.26. The van der Waals surface area contributed by atoms with Crippen molar-refractivity contribution in [1.29, 1.82) is 0 Å². The van der Waals surface area contributed by atoms with Gasteiger partial charge in [0, 0.05) is 38.8 Å². The molecule has 0 spiro atoms. The molecule has 1 aromatic carbocycles. The Kier molecular flexibility index (Phi) is 8.48. The molecule has 0 saturated carbocycles. The summed E-state index contributed by atoms with van der Waals surface area (Å²) in [5, 5.41) is 3.13. The van der Waals surface area contributed by atoms with E-state index in [0.29, 0.717) is 61.7 Å². The lowest BCUT2D eigenvalue weighted by atomic mass is 10.3. The van der Waals surface area contributed by atoms with Crippen LogP contribution < -0.4 is 19.7 Å². The minimum Gasteiger partial charge on any atom is -0.494 e. The molecule has 0 bridgehead atoms. The van der Waals surface area contributed by atoms with Crippen molar-refractivity contribution in [2.45, 2.75) is 6.43 Å². The largest absolute Gasteiger partial charge is 0.494 e. The van der Waals surface area contributed by atoms with Gasteiger partial charge in [0.2, 0.25) is 23.7 Å². The number of hydrogen-bond acceptors (Lipinski definition) is 12. The first kappa shape index (κ1) is 27.9. The van der Waals surface area contributed by atoms with Gasteiger partial charge in [-0.15, -0.1) is 0 Å². The van der Waals surface area contributed by atoms with E-state index in [0.717, 1.165) is 32.8 Å². The molecule has 2 saturated heterocycles. The first-order chi connectivity index (χ1) is 20.6. The van der Waals surface area contributed by atoms with Crippen LogP contribution in [0.5, 0.6) is 11.6 Å². The highest BCUT2D eigenvalue weighted by Crippen LogP contribution is 2.32. The number of anilines is 3. The number of alkyl halides is 2. The predicted molar refractivity (Wildman–Crippen MR) is 149 cm³/mol. The maximum atomic E-state index is 14.3. The van der Waals surface area contributed by atoms with Crippen LogP contribution in [0, 0.1) is 0 Å². The minimum atomic E-state index is -2.89. The number of nitrogens with one attached hydrogen (secondary N) is 1. The molecular formula is C27H31F2N9O4. The second-order valence-corrected chi connectivity index (χ2v) is 9.61. The Morgan fingerprint density at radius 2 is 1.69 bits per heavy atom. The zero-order valence-electron chi connectivity index (χ0n) is 23.1. The standard InChI is InChI=1S/C27H31F2N9O4/c1-39-20-4-2-3-19-22(20)32-24(23(28)29)38(19)27-34-25(33-26(35-27)37-10-14-41-15-11-37)31-18-5-6-21(30-17-18)42-16-9-36-7-12-40-13-8-36/h2-6,17,23H,7-16H2,1H3,(H,31,33,34,35). The van der Waals surface area contributed by atoms with Crippen molar-refractivity contribution >= 4 is 28.6 Å². The van der Waals surface area contributed by atoms with Crippen molar-refractivity contribution in [3.05, 3.63) is 42.4 Å². The number of halogens is 2. The Morgan fingerprint density at radius 1 is 0.929 bits per heavy atom. The van der Waals surface area contributed by atoms with E-state index in [1.165, 1.54) is 11.7 Å². The Labute approximate surface area is 240 Å². The summed E-state index contributed by atoms with van der Waals surface area (Å²) in [4.78, 5) is 26.5. The molecule has 2 aliphatic heterocycles. The van der Waals surface area contributed by atoms with Gasteiger partial charge < -0.3 is 29.2 Å². The molecule has 13 nitrogen and oxygen atoms in total. The average molecular weight is 584 g/mol. The molecule has 0 radical (unpaired) electrons. The molecule has 0 atom stereocenters. The molecule has 222 valence electrons. The van der Waals surface area contributed by atoms with Crippen LogP contribution in [0.4, 0.5) is 26.4 Å². The van der Waals surface area contributed by atoms with E-state index in [1.807, 2.05) is 4.90 Å². The Morgan fingerprint density at radius 3 is 2.40 bits per heavy atom. The molecule has 6 rings (SSSR count). The lowest BCUT2D eigenvalue weighted by Crippen LogP contribution is -2.38. The maximum absolute atomic E-state index is 14.3. The van der Waals surface area contributed by atoms with Gasteiger partial charge >= 0.3 is 0 Å². The summed E-state index contributed by atoms with van der Waals surface area (Å²) < 4.78 is 51.8. The van der Waals surface area contributed by atoms with Crippen LogP contribution in [0.1, 0.15) is 12.2 Å². The van der Waals surface area contributed by atoms with E-state index in [9.17, 15) is 8.78 Å². The fourth-order valence-electron chi connectivity index (χ4n) is 4.80. The third kappa shape index (κ3) is 6.17. The summed E-state index contributed by atoms with van der Waals surface area (Å²) >= 11 is 0. The minimum absolute atomic E-state index is 0.00364. The second kappa shape index (κ2) is 12.8. The van der Waals surface area contributed by atoms with E-state index < -0.39 is 12.2 Å². The van der Waals surface area contributed by atoms with Gasteiger partial charge in [0.1, 0.15) is 17.9 Å². The molecule has 0 amide bonds. The average Bonchev–Trinajstić information content (AvgIpc) is 3.43. The fourth-order valence-corrected chi connectivity index (χ4v) is 4.80. The SMILES string of the molecule is COc1cccc2c1nc(C(F)F)n2-c1nc(Nc2ccc(OCCN3CCOCC3)nc2)nc(N2CCOCC2)n1. The van der Waals surface area contributed by atoms with Crippen molar-refractivity contribution in [3.63, 3.8) is 0 Å². The summed E-state index contributed by atoms with van der Waals surface area (Å²) in [6.07, 6.45) is -1.29. The molecular weight excluding hydrogens is 552 g/mol. The van der Waals surface area contributed by atoms with Crippen LogP contribution in [0.2, 0.25) is 0 Å². The lowest BCUT2D eigenvalue weighted by Gasteiger charge is -2.27. The number of ether oxygens (including phenoxy) is 4. The zero-order valence-corrected chi connectivity index (χ0v) is 23.1. The summed E-state index contributed by atoms with van der Waals surface area (Å²) in [5.74, 6) is 0.837. The van der Waals surface area contributed by atoms with Crippen LogP contribution in [0.3, 0.4) is 0 Å². The zero-order chi connectivity index (χ0) is 28.9. The number of nitrogens with zero attached hydrogens (tertiary/aromatic N) is 8. The topological polar surface area (TPSA) is 125 Å². The Hall–Kier alpha value is -4.21. The van der Waals surface area contributed by atoms with Crippen molar-refractivity contribution < 1.29 is 27.7 Å². The first-order valence-corrected chi connectivity index (χ1v) is 13.7. The molecule has 2 aliphatic rings. The second-order valence-electron chi connectivity index (χ2n) is 9.61. The molecule has 15 heteroatoms. The highest BCUT2D eigenvalue weighted by atomic mass is 19.3. The monoisotopic (exact) mass is 583 g/mol. The number of imidazole rings is 1. The molecule has 3 aromatic heterocycles.